The summed E-state index contributed by atoms with van der Waals surface area (Å²) >= 11 is 0. The first-order valence-corrected chi connectivity index (χ1v) is 25.6. The summed E-state index contributed by atoms with van der Waals surface area (Å²) in [6.45, 7) is 27.7. The van der Waals surface area contributed by atoms with Crippen molar-refractivity contribution in [3.8, 4) is 27.9 Å². The van der Waals surface area contributed by atoms with E-state index in [-0.39, 0.29) is 28.5 Å². The van der Waals surface area contributed by atoms with E-state index in [0.29, 0.717) is 0 Å². The van der Waals surface area contributed by atoms with Crippen LogP contribution in [-0.2, 0) is 21.7 Å². The lowest BCUT2D eigenvalue weighted by atomic mass is 9.47. The lowest BCUT2D eigenvalue weighted by Gasteiger charge is -2.40. The highest BCUT2D eigenvalue weighted by atomic mass is 16.3. The quantitative estimate of drug-likeness (QED) is 0.165. The van der Waals surface area contributed by atoms with Crippen molar-refractivity contribution in [3.63, 3.8) is 0 Å². The van der Waals surface area contributed by atoms with Crippen LogP contribution < -0.4 is 16.0 Å². The molecule has 5 heterocycles. The highest BCUT2D eigenvalue weighted by Crippen LogP contribution is 2.52. The van der Waals surface area contributed by atoms with Crippen LogP contribution in [0.5, 0.6) is 0 Å². The summed E-state index contributed by atoms with van der Waals surface area (Å²) in [6.07, 6.45) is 0. The third-order valence-corrected chi connectivity index (χ3v) is 15.9. The van der Waals surface area contributed by atoms with E-state index in [2.05, 4.69) is 255 Å². The number of anilines is 3. The summed E-state index contributed by atoms with van der Waals surface area (Å²) < 4.78 is 12.7. The minimum Gasteiger partial charge on any atom is -0.466 e. The fourth-order valence-electron chi connectivity index (χ4n) is 12.0. The normalized spacial score (nSPS) is 13.9. The van der Waals surface area contributed by atoms with E-state index < -0.39 is 0 Å². The third-order valence-electron chi connectivity index (χ3n) is 15.9. The van der Waals surface area contributed by atoms with Crippen molar-refractivity contribution in [1.82, 2.24) is 9.05 Å². The van der Waals surface area contributed by atoms with E-state index in [4.69, 9.17) is 4.42 Å². The molecular weight excluding hydrogens is 862 g/mol. The fourth-order valence-corrected chi connectivity index (χ4v) is 12.0. The number of benzene rings is 8. The lowest BCUT2D eigenvalue weighted by Crippen LogP contribution is -2.56. The highest BCUT2D eigenvalue weighted by molar-refractivity contribution is 6.89. The summed E-state index contributed by atoms with van der Waals surface area (Å²) in [5.74, 6) is 0. The van der Waals surface area contributed by atoms with Gasteiger partial charge in [-0.05, 0) is 133 Å². The van der Waals surface area contributed by atoms with Crippen molar-refractivity contribution in [2.24, 2.45) is 0 Å². The van der Waals surface area contributed by atoms with Crippen LogP contribution in [0.3, 0.4) is 0 Å². The minimum atomic E-state index is -0.254. The highest BCUT2D eigenvalue weighted by Gasteiger charge is 2.47. The van der Waals surface area contributed by atoms with Crippen LogP contribution in [0, 0.1) is 0 Å². The van der Waals surface area contributed by atoms with Gasteiger partial charge in [-0.3, -0.25) is 0 Å². The Hall–Kier alpha value is -7.24. The number of para-hydroxylation sites is 2. The molecule has 0 amide bonds. The van der Waals surface area contributed by atoms with Gasteiger partial charge in [-0.1, -0.05) is 174 Å². The first-order valence-electron chi connectivity index (χ1n) is 25.6. The Morgan fingerprint density at radius 3 is 1.70 bits per heavy atom. The molecule has 2 aliphatic rings. The summed E-state index contributed by atoms with van der Waals surface area (Å²) in [7, 11) is 0. The molecular formula is C66H62BN3O. The molecule has 0 N–H and O–H groups in total. The summed E-state index contributed by atoms with van der Waals surface area (Å²) in [5, 5.41) is 6.17. The second-order valence-corrected chi connectivity index (χ2v) is 24.7. The minimum absolute atomic E-state index is 0.00867. The van der Waals surface area contributed by atoms with Gasteiger partial charge in [0.25, 0.3) is 0 Å². The van der Waals surface area contributed by atoms with Gasteiger partial charge in [-0.15, -0.1) is 0 Å². The molecule has 0 atom stereocenters. The second-order valence-electron chi connectivity index (χ2n) is 24.7. The molecule has 71 heavy (non-hydrogen) atoms. The number of hydrogen-bond donors (Lipinski definition) is 0. The van der Waals surface area contributed by atoms with Crippen LogP contribution in [-0.4, -0.2) is 15.9 Å². The monoisotopic (exact) mass is 923 g/mol. The van der Waals surface area contributed by atoms with Crippen LogP contribution in [0.4, 0.5) is 17.1 Å². The zero-order valence-corrected chi connectivity index (χ0v) is 43.3. The molecule has 4 nitrogen and oxygen atoms in total. The second kappa shape index (κ2) is 14.7. The number of fused-ring (bicyclic) bond motifs is 13. The van der Waals surface area contributed by atoms with Crippen LogP contribution in [0.1, 0.15) is 105 Å². The van der Waals surface area contributed by atoms with Gasteiger partial charge in [-0.25, -0.2) is 0 Å². The topological polar surface area (TPSA) is 26.2 Å². The van der Waals surface area contributed by atoms with E-state index in [9.17, 15) is 0 Å². The molecule has 8 aromatic carbocycles. The summed E-state index contributed by atoms with van der Waals surface area (Å²) in [4.78, 5) is 2.55. The molecule has 11 aromatic rings. The van der Waals surface area contributed by atoms with Crippen LogP contribution >= 0.6 is 0 Å². The molecule has 0 spiro atoms. The Morgan fingerprint density at radius 1 is 0.423 bits per heavy atom. The molecule has 5 heteroatoms. The van der Waals surface area contributed by atoms with Gasteiger partial charge in [0.15, 0.2) is 0 Å². The third kappa shape index (κ3) is 6.44. The Labute approximate surface area is 418 Å². The molecule has 0 saturated carbocycles. The SMILES string of the molecule is CC(C)(C)c1ccc(-c2ccc3oc4c(c3c2)N(c2ccc(C(C)(C)C)cc2)c2cc(C(C)(C)C)cc3c2B4n2c4ccc5c6ccccc6n(-c6ccccc6)c5c4c4cc(C(C)(C)C)cc-3c42)cc1. The van der Waals surface area contributed by atoms with Crippen molar-refractivity contribution in [1.29, 1.82) is 0 Å². The summed E-state index contributed by atoms with van der Waals surface area (Å²) in [6, 6.07) is 60.1. The fraction of sp³-hybridized carbons (Fsp3) is 0.242. The van der Waals surface area contributed by atoms with E-state index in [1.165, 1.54) is 99.3 Å². The molecule has 0 radical (unpaired) electrons. The molecule has 0 bridgehead atoms. The van der Waals surface area contributed by atoms with E-state index in [0.717, 1.165) is 33.7 Å². The number of furan rings is 1. The zero-order chi connectivity index (χ0) is 49.3. The van der Waals surface area contributed by atoms with E-state index >= 15 is 0 Å². The zero-order valence-electron chi connectivity index (χ0n) is 43.3. The smallest absolute Gasteiger partial charge is 0.375 e. The van der Waals surface area contributed by atoms with Gasteiger partial charge < -0.3 is 18.4 Å². The molecule has 3 aromatic heterocycles. The van der Waals surface area contributed by atoms with E-state index in [1.54, 1.807) is 0 Å². The Bertz CT molecular complexity index is 4000. The first-order chi connectivity index (χ1) is 33.8. The Balaban J connectivity index is 1.20. The average molecular weight is 924 g/mol. The number of hydrogen-bond acceptors (Lipinski definition) is 2. The van der Waals surface area contributed by atoms with Crippen LogP contribution in [0.15, 0.2) is 162 Å². The molecule has 0 unspecified atom stereocenters. The van der Waals surface area contributed by atoms with Gasteiger partial charge in [0.1, 0.15) is 11.2 Å². The van der Waals surface area contributed by atoms with Gasteiger partial charge in [0.2, 0.25) is 0 Å². The summed E-state index contributed by atoms with van der Waals surface area (Å²) in [5.41, 5.74) is 22.7. The van der Waals surface area contributed by atoms with Crippen LogP contribution in [0.25, 0.3) is 82.5 Å². The molecule has 350 valence electrons. The Kier molecular flexibility index (Phi) is 9.04. The first kappa shape index (κ1) is 43.8. The Morgan fingerprint density at radius 2 is 1.03 bits per heavy atom. The molecule has 0 saturated heterocycles. The number of aromatic nitrogens is 2. The largest absolute Gasteiger partial charge is 0.466 e. The maximum Gasteiger partial charge on any atom is 0.375 e. The average Bonchev–Trinajstić information content (AvgIpc) is 4.00. The van der Waals surface area contributed by atoms with Crippen molar-refractivity contribution in [2.45, 2.75) is 105 Å². The molecule has 0 fully saturated rings. The predicted octanol–water partition coefficient (Wildman–Crippen LogP) is 16.9. The predicted molar refractivity (Wildman–Crippen MR) is 304 cm³/mol. The maximum atomic E-state index is 7.52. The molecule has 2 aliphatic heterocycles. The molecule has 13 rings (SSSR count). The van der Waals surface area contributed by atoms with Gasteiger partial charge >= 0.3 is 6.85 Å². The standard InChI is InChI=1S/C66H62BN3O/c1-63(2,3)41-25-22-39(23-26-41)40-24-33-56-51(34-40)61-62(71-56)67-58-49(35-44(66(10,11)12)38-55(58)69(61)46-29-27-42(28-30-46)64(4,5)6)50-36-43(65(7,8)9)37-52-57-54(70(67)59(50)52)32-31-48-47-20-16-17-21-53(47)68(60(48)57)45-18-14-13-15-19-45/h13-38H,1-12H3. The van der Waals surface area contributed by atoms with Gasteiger partial charge in [-0.2, -0.15) is 0 Å². The number of nitrogens with zero attached hydrogens (tertiary/aromatic N) is 3. The van der Waals surface area contributed by atoms with Crippen molar-refractivity contribution in [3.05, 3.63) is 180 Å². The maximum absolute atomic E-state index is 7.52. The van der Waals surface area contributed by atoms with Crippen molar-refractivity contribution < 1.29 is 4.42 Å². The lowest BCUT2D eigenvalue weighted by molar-refractivity contribution is 0.589. The number of rotatable bonds is 3. The van der Waals surface area contributed by atoms with Crippen molar-refractivity contribution >= 4 is 89.6 Å². The van der Waals surface area contributed by atoms with Gasteiger partial charge in [0, 0.05) is 60.6 Å². The van der Waals surface area contributed by atoms with E-state index in [1.807, 2.05) is 0 Å². The van der Waals surface area contributed by atoms with Crippen LogP contribution in [0.2, 0.25) is 0 Å². The van der Waals surface area contributed by atoms with Crippen molar-refractivity contribution in [2.75, 3.05) is 4.90 Å². The molecule has 0 aliphatic carbocycles. The van der Waals surface area contributed by atoms with Gasteiger partial charge in [0.05, 0.1) is 16.7 Å².